The van der Waals surface area contributed by atoms with Crippen LogP contribution in [0.1, 0.15) is 6.42 Å². The lowest BCUT2D eigenvalue weighted by atomic mass is 10.0. The van der Waals surface area contributed by atoms with Gasteiger partial charge < -0.3 is 10.2 Å². The molecule has 2 atom stereocenters. The van der Waals surface area contributed by atoms with Gasteiger partial charge in [0, 0.05) is 25.2 Å². The van der Waals surface area contributed by atoms with E-state index in [2.05, 4.69) is 17.3 Å². The Hall–Kier alpha value is -0.130. The van der Waals surface area contributed by atoms with E-state index in [4.69, 9.17) is 0 Å². The largest absolute Gasteiger partial charge is 0.310 e. The Morgan fingerprint density at radius 2 is 2.23 bits per heavy atom. The summed E-state index contributed by atoms with van der Waals surface area (Å²) in [5.74, 6) is 0.683. The summed E-state index contributed by atoms with van der Waals surface area (Å²) in [6, 6.07) is 0.592. The van der Waals surface area contributed by atoms with Crippen LogP contribution in [0, 0.1) is 0 Å². The van der Waals surface area contributed by atoms with Gasteiger partial charge in [-0.3, -0.25) is 0 Å². The summed E-state index contributed by atoms with van der Waals surface area (Å²) < 4.78 is 22.7. The van der Waals surface area contributed by atoms with Gasteiger partial charge in [0.25, 0.3) is 0 Å². The van der Waals surface area contributed by atoms with E-state index in [1.165, 1.54) is 0 Å². The van der Waals surface area contributed by atoms with E-state index >= 15 is 0 Å². The molecule has 2 saturated heterocycles. The van der Waals surface area contributed by atoms with Crippen LogP contribution in [-0.2, 0) is 9.84 Å². The van der Waals surface area contributed by atoms with E-state index < -0.39 is 9.84 Å². The van der Waals surface area contributed by atoms with Crippen LogP contribution in [0.3, 0.4) is 0 Å². The molecule has 0 bridgehead atoms. The fraction of sp³-hybridized carbons (Fsp3) is 1.00. The fourth-order valence-electron chi connectivity index (χ4n) is 2.28. The lowest BCUT2D eigenvalue weighted by molar-refractivity contribution is 0.151. The number of piperazine rings is 1. The van der Waals surface area contributed by atoms with Crippen LogP contribution in [0.2, 0.25) is 0 Å². The zero-order valence-corrected chi connectivity index (χ0v) is 8.68. The van der Waals surface area contributed by atoms with Crippen molar-refractivity contribution in [1.82, 2.24) is 10.2 Å². The molecule has 0 aliphatic carbocycles. The summed E-state index contributed by atoms with van der Waals surface area (Å²) in [4.78, 5) is 2.27. The second-order valence-corrected chi connectivity index (χ2v) is 6.24. The van der Waals surface area contributed by atoms with Crippen LogP contribution >= 0.6 is 0 Å². The van der Waals surface area contributed by atoms with Gasteiger partial charge in [-0.05, 0) is 13.5 Å². The van der Waals surface area contributed by atoms with E-state index in [1.54, 1.807) is 0 Å². The lowest BCUT2D eigenvalue weighted by Gasteiger charge is -2.42. The van der Waals surface area contributed by atoms with Crippen LogP contribution in [0.15, 0.2) is 0 Å². The van der Waals surface area contributed by atoms with Gasteiger partial charge >= 0.3 is 0 Å². The molecule has 0 spiro atoms. The fourth-order valence-corrected chi connectivity index (χ4v) is 3.94. The maximum Gasteiger partial charge on any atom is 0.151 e. The number of hydrogen-bond acceptors (Lipinski definition) is 4. The maximum absolute atomic E-state index is 11.4. The Labute approximate surface area is 79.2 Å². The van der Waals surface area contributed by atoms with Crippen molar-refractivity contribution in [1.29, 1.82) is 0 Å². The molecule has 4 nitrogen and oxygen atoms in total. The number of nitrogens with zero attached hydrogens (tertiary/aromatic N) is 1. The highest BCUT2D eigenvalue weighted by Gasteiger charge is 2.36. The topological polar surface area (TPSA) is 49.4 Å². The third-order valence-electron chi connectivity index (χ3n) is 3.06. The molecule has 5 heteroatoms. The second-order valence-electron chi connectivity index (χ2n) is 4.01. The Morgan fingerprint density at radius 1 is 1.46 bits per heavy atom. The van der Waals surface area contributed by atoms with Gasteiger partial charge in [0.05, 0.1) is 11.5 Å². The van der Waals surface area contributed by atoms with E-state index in [-0.39, 0.29) is 6.04 Å². The third-order valence-corrected chi connectivity index (χ3v) is 4.78. The normalized spacial score (nSPS) is 39.8. The van der Waals surface area contributed by atoms with Gasteiger partial charge in [-0.15, -0.1) is 0 Å². The highest BCUT2D eigenvalue weighted by molar-refractivity contribution is 7.91. The quantitative estimate of drug-likeness (QED) is 0.554. The first-order valence-electron chi connectivity index (χ1n) is 4.72. The molecule has 2 heterocycles. The van der Waals surface area contributed by atoms with Crippen LogP contribution in [0.25, 0.3) is 0 Å². The molecule has 2 rings (SSSR count). The van der Waals surface area contributed by atoms with Crippen molar-refractivity contribution in [3.8, 4) is 0 Å². The van der Waals surface area contributed by atoms with Crippen molar-refractivity contribution in [2.45, 2.75) is 18.5 Å². The van der Waals surface area contributed by atoms with Gasteiger partial charge in [-0.25, -0.2) is 8.42 Å². The van der Waals surface area contributed by atoms with Crippen molar-refractivity contribution < 1.29 is 8.42 Å². The number of fused-ring (bicyclic) bond motifs is 1. The van der Waals surface area contributed by atoms with Crippen LogP contribution in [0.5, 0.6) is 0 Å². The lowest BCUT2D eigenvalue weighted by Crippen LogP contribution is -2.61. The summed E-state index contributed by atoms with van der Waals surface area (Å²) >= 11 is 0. The molecule has 2 fully saturated rings. The molecule has 2 unspecified atom stereocenters. The summed E-state index contributed by atoms with van der Waals surface area (Å²) in [5.41, 5.74) is 0. The van der Waals surface area contributed by atoms with Gasteiger partial charge in [-0.2, -0.15) is 0 Å². The standard InChI is InChI=1S/C8H16N2O2S/c1-10-4-3-9-7-6-13(11,12)5-2-8(7)10/h7-9H,2-6H2,1H3. The second kappa shape index (κ2) is 3.22. The monoisotopic (exact) mass is 204 g/mol. The Morgan fingerprint density at radius 3 is 3.00 bits per heavy atom. The molecule has 13 heavy (non-hydrogen) atoms. The molecule has 76 valence electrons. The predicted octanol–water partition coefficient (Wildman–Crippen LogP) is -0.923. The Balaban J connectivity index is 2.12. The Kier molecular flexibility index (Phi) is 2.33. The summed E-state index contributed by atoms with van der Waals surface area (Å²) in [6.45, 7) is 1.94. The number of sulfone groups is 1. The third kappa shape index (κ3) is 1.87. The van der Waals surface area contributed by atoms with Crippen molar-refractivity contribution in [2.75, 3.05) is 31.6 Å². The van der Waals surface area contributed by atoms with E-state index in [0.29, 0.717) is 17.5 Å². The molecule has 2 aliphatic rings. The molecular formula is C8H16N2O2S. The van der Waals surface area contributed by atoms with Crippen molar-refractivity contribution in [3.05, 3.63) is 0 Å². The number of rotatable bonds is 0. The molecule has 0 saturated carbocycles. The van der Waals surface area contributed by atoms with E-state index in [0.717, 1.165) is 19.5 Å². The molecule has 0 radical (unpaired) electrons. The minimum absolute atomic E-state index is 0.164. The Bertz CT molecular complexity index is 289. The van der Waals surface area contributed by atoms with Gasteiger partial charge in [0.15, 0.2) is 9.84 Å². The van der Waals surface area contributed by atoms with Crippen LogP contribution in [0.4, 0.5) is 0 Å². The predicted molar refractivity (Wildman–Crippen MR) is 51.5 cm³/mol. The number of likely N-dealkylation sites (N-methyl/N-ethyl adjacent to an activating group) is 1. The van der Waals surface area contributed by atoms with Crippen LogP contribution in [-0.4, -0.2) is 57.0 Å². The van der Waals surface area contributed by atoms with Gasteiger partial charge in [0.1, 0.15) is 0 Å². The minimum Gasteiger partial charge on any atom is -0.310 e. The first-order valence-corrected chi connectivity index (χ1v) is 6.55. The minimum atomic E-state index is -2.77. The maximum atomic E-state index is 11.4. The first-order chi connectivity index (χ1) is 6.08. The highest BCUT2D eigenvalue weighted by Crippen LogP contribution is 2.19. The van der Waals surface area contributed by atoms with Gasteiger partial charge in [0.2, 0.25) is 0 Å². The molecule has 0 aromatic carbocycles. The van der Waals surface area contributed by atoms with Gasteiger partial charge in [-0.1, -0.05) is 0 Å². The molecule has 0 aromatic heterocycles. The highest BCUT2D eigenvalue weighted by atomic mass is 32.2. The summed E-state index contributed by atoms with van der Waals surface area (Å²) in [5, 5.41) is 3.29. The zero-order chi connectivity index (χ0) is 9.47. The van der Waals surface area contributed by atoms with Crippen LogP contribution < -0.4 is 5.32 Å². The SMILES string of the molecule is CN1CCNC2CS(=O)(=O)CCC21. The molecule has 0 amide bonds. The summed E-state index contributed by atoms with van der Waals surface area (Å²) in [6.07, 6.45) is 0.788. The van der Waals surface area contributed by atoms with Crippen molar-refractivity contribution in [2.24, 2.45) is 0 Å². The number of nitrogens with one attached hydrogen (secondary N) is 1. The van der Waals surface area contributed by atoms with Crippen molar-refractivity contribution in [3.63, 3.8) is 0 Å². The average Bonchev–Trinajstić information content (AvgIpc) is 2.02. The molecular weight excluding hydrogens is 188 g/mol. The molecule has 2 aliphatic heterocycles. The average molecular weight is 204 g/mol. The molecule has 0 aromatic rings. The smallest absolute Gasteiger partial charge is 0.151 e. The summed E-state index contributed by atoms with van der Waals surface area (Å²) in [7, 11) is -0.686. The number of hydrogen-bond donors (Lipinski definition) is 1. The van der Waals surface area contributed by atoms with E-state index in [9.17, 15) is 8.42 Å². The zero-order valence-electron chi connectivity index (χ0n) is 7.86. The first kappa shape index (κ1) is 9.43. The van der Waals surface area contributed by atoms with Crippen molar-refractivity contribution >= 4 is 9.84 Å². The molecule has 1 N–H and O–H groups in total. The van der Waals surface area contributed by atoms with E-state index in [1.807, 2.05) is 0 Å².